The van der Waals surface area contributed by atoms with Crippen molar-refractivity contribution in [1.29, 1.82) is 0 Å². The summed E-state index contributed by atoms with van der Waals surface area (Å²) in [6.07, 6.45) is 0. The molecule has 0 radical (unpaired) electrons. The number of carbonyl (C=O) groups excluding carboxylic acids is 3. The number of aromatic nitrogens is 1. The minimum absolute atomic E-state index is 0.146. The number of primary amides is 1. The molecule has 1 aromatic heterocycles. The van der Waals surface area contributed by atoms with Crippen LogP contribution in [0.5, 0.6) is 0 Å². The SMILES string of the molecule is CC(=O)Nc1ccc(-c2csc(NC(=O)C(N)=O)n2)cc1. The van der Waals surface area contributed by atoms with E-state index < -0.39 is 11.8 Å². The van der Waals surface area contributed by atoms with Gasteiger partial charge in [0.2, 0.25) is 5.91 Å². The highest BCUT2D eigenvalue weighted by Gasteiger charge is 2.12. The van der Waals surface area contributed by atoms with Crippen LogP contribution in [0.4, 0.5) is 10.8 Å². The molecule has 0 fully saturated rings. The van der Waals surface area contributed by atoms with Crippen LogP contribution in [0, 0.1) is 0 Å². The van der Waals surface area contributed by atoms with Gasteiger partial charge in [-0.1, -0.05) is 12.1 Å². The van der Waals surface area contributed by atoms with E-state index in [1.807, 2.05) is 0 Å². The Bertz CT molecular complexity index is 694. The largest absolute Gasteiger partial charge is 0.361 e. The predicted octanol–water partition coefficient (Wildman–Crippen LogP) is 1.19. The van der Waals surface area contributed by atoms with E-state index in [1.54, 1.807) is 29.6 Å². The Labute approximate surface area is 124 Å². The first-order chi connectivity index (χ1) is 9.95. The highest BCUT2D eigenvalue weighted by atomic mass is 32.1. The van der Waals surface area contributed by atoms with Gasteiger partial charge in [-0.05, 0) is 12.1 Å². The number of thiazole rings is 1. The van der Waals surface area contributed by atoms with E-state index in [9.17, 15) is 14.4 Å². The Morgan fingerprint density at radius 3 is 2.38 bits per heavy atom. The molecule has 0 atom stereocenters. The van der Waals surface area contributed by atoms with Gasteiger partial charge in [0.05, 0.1) is 5.69 Å². The van der Waals surface area contributed by atoms with E-state index in [1.165, 1.54) is 18.3 Å². The van der Waals surface area contributed by atoms with Gasteiger partial charge in [0.25, 0.3) is 0 Å². The number of anilines is 2. The topological polar surface area (TPSA) is 114 Å². The zero-order valence-electron chi connectivity index (χ0n) is 11.0. The normalized spacial score (nSPS) is 9.95. The first-order valence-corrected chi connectivity index (χ1v) is 6.78. The van der Waals surface area contributed by atoms with E-state index >= 15 is 0 Å². The Kier molecular flexibility index (Phi) is 4.29. The molecule has 0 aliphatic rings. The molecule has 8 heteroatoms. The highest BCUT2D eigenvalue weighted by molar-refractivity contribution is 7.14. The third kappa shape index (κ3) is 3.86. The van der Waals surface area contributed by atoms with Crippen LogP contribution < -0.4 is 16.4 Å². The van der Waals surface area contributed by atoms with E-state index in [2.05, 4.69) is 15.6 Å². The molecule has 2 rings (SSSR count). The molecular formula is C13H12N4O3S. The molecule has 0 saturated carbocycles. The molecule has 0 unspecified atom stereocenters. The average Bonchev–Trinajstić information content (AvgIpc) is 2.87. The number of nitrogens with zero attached hydrogens (tertiary/aromatic N) is 1. The number of hydrogen-bond donors (Lipinski definition) is 3. The summed E-state index contributed by atoms with van der Waals surface area (Å²) in [4.78, 5) is 36.9. The number of benzene rings is 1. The van der Waals surface area contributed by atoms with Crippen molar-refractivity contribution in [3.63, 3.8) is 0 Å². The summed E-state index contributed by atoms with van der Waals surface area (Å²) in [5.74, 6) is -2.11. The number of nitrogens with two attached hydrogens (primary N) is 1. The molecule has 0 saturated heterocycles. The summed E-state index contributed by atoms with van der Waals surface area (Å²) in [6.45, 7) is 1.43. The molecule has 0 aliphatic heterocycles. The summed E-state index contributed by atoms with van der Waals surface area (Å²) in [6, 6.07) is 7.08. The first kappa shape index (κ1) is 14.7. The Morgan fingerprint density at radius 2 is 1.81 bits per heavy atom. The van der Waals surface area contributed by atoms with Crippen molar-refractivity contribution in [2.24, 2.45) is 5.73 Å². The Hall–Kier alpha value is -2.74. The first-order valence-electron chi connectivity index (χ1n) is 5.90. The van der Waals surface area contributed by atoms with Crippen LogP contribution in [0.3, 0.4) is 0 Å². The van der Waals surface area contributed by atoms with Gasteiger partial charge in [0.15, 0.2) is 5.13 Å². The van der Waals surface area contributed by atoms with Crippen molar-refractivity contribution in [3.05, 3.63) is 29.6 Å². The summed E-state index contributed by atoms with van der Waals surface area (Å²) < 4.78 is 0. The second kappa shape index (κ2) is 6.14. The van der Waals surface area contributed by atoms with Crippen LogP contribution >= 0.6 is 11.3 Å². The monoisotopic (exact) mass is 304 g/mol. The third-order valence-corrected chi connectivity index (χ3v) is 3.21. The van der Waals surface area contributed by atoms with Crippen molar-refractivity contribution >= 4 is 39.9 Å². The van der Waals surface area contributed by atoms with Crippen molar-refractivity contribution < 1.29 is 14.4 Å². The van der Waals surface area contributed by atoms with Crippen molar-refractivity contribution in [1.82, 2.24) is 4.98 Å². The predicted molar refractivity (Wildman–Crippen MR) is 79.7 cm³/mol. The van der Waals surface area contributed by atoms with E-state index in [0.717, 1.165) is 5.56 Å². The Balaban J connectivity index is 2.12. The number of rotatable bonds is 3. The lowest BCUT2D eigenvalue weighted by Crippen LogP contribution is -2.29. The lowest BCUT2D eigenvalue weighted by atomic mass is 10.1. The van der Waals surface area contributed by atoms with Crippen molar-refractivity contribution in [2.45, 2.75) is 6.92 Å². The maximum atomic E-state index is 11.1. The summed E-state index contributed by atoms with van der Waals surface area (Å²) in [5, 5.41) is 7.00. The molecule has 0 bridgehead atoms. The maximum absolute atomic E-state index is 11.1. The van der Waals surface area contributed by atoms with Crippen LogP contribution in [-0.2, 0) is 14.4 Å². The zero-order valence-corrected chi connectivity index (χ0v) is 11.9. The van der Waals surface area contributed by atoms with Crippen LogP contribution in [0.15, 0.2) is 29.6 Å². The van der Waals surface area contributed by atoms with Gasteiger partial charge < -0.3 is 11.1 Å². The summed E-state index contributed by atoms with van der Waals surface area (Å²) in [7, 11) is 0. The van der Waals surface area contributed by atoms with Crippen LogP contribution in [-0.4, -0.2) is 22.7 Å². The van der Waals surface area contributed by atoms with Gasteiger partial charge in [-0.2, -0.15) is 0 Å². The van der Waals surface area contributed by atoms with E-state index in [0.29, 0.717) is 16.5 Å². The van der Waals surface area contributed by atoms with Gasteiger partial charge >= 0.3 is 11.8 Å². The second-order valence-electron chi connectivity index (χ2n) is 4.11. The van der Waals surface area contributed by atoms with Gasteiger partial charge in [0, 0.05) is 23.6 Å². The summed E-state index contributed by atoms with van der Waals surface area (Å²) >= 11 is 1.18. The van der Waals surface area contributed by atoms with Gasteiger partial charge in [-0.25, -0.2) is 4.98 Å². The van der Waals surface area contributed by atoms with Gasteiger partial charge in [-0.3, -0.25) is 19.7 Å². The Morgan fingerprint density at radius 1 is 1.14 bits per heavy atom. The molecule has 0 spiro atoms. The standard InChI is InChI=1S/C13H12N4O3S/c1-7(18)15-9-4-2-8(3-5-9)10-6-21-13(16-10)17-12(20)11(14)19/h2-6H,1H3,(H2,14,19)(H,15,18)(H,16,17,20). The minimum Gasteiger partial charge on any atom is -0.361 e. The molecular weight excluding hydrogens is 292 g/mol. The molecule has 1 aromatic carbocycles. The van der Waals surface area contributed by atoms with Gasteiger partial charge in [0.1, 0.15) is 0 Å². The van der Waals surface area contributed by atoms with E-state index in [4.69, 9.17) is 5.73 Å². The van der Waals surface area contributed by atoms with Crippen molar-refractivity contribution in [2.75, 3.05) is 10.6 Å². The molecule has 1 heterocycles. The molecule has 108 valence electrons. The zero-order chi connectivity index (χ0) is 15.4. The summed E-state index contributed by atoms with van der Waals surface area (Å²) in [5.41, 5.74) is 7.00. The van der Waals surface area contributed by atoms with Gasteiger partial charge in [-0.15, -0.1) is 11.3 Å². The molecule has 2 aromatic rings. The molecule has 0 aliphatic carbocycles. The fraction of sp³-hybridized carbons (Fsp3) is 0.0769. The number of amides is 3. The second-order valence-corrected chi connectivity index (χ2v) is 4.97. The fourth-order valence-electron chi connectivity index (χ4n) is 1.55. The van der Waals surface area contributed by atoms with E-state index in [-0.39, 0.29) is 5.91 Å². The number of carbonyl (C=O) groups is 3. The minimum atomic E-state index is -1.06. The molecule has 21 heavy (non-hydrogen) atoms. The quantitative estimate of drug-likeness (QED) is 0.739. The molecule has 7 nitrogen and oxygen atoms in total. The molecule has 3 amide bonds. The highest BCUT2D eigenvalue weighted by Crippen LogP contribution is 2.25. The van der Waals surface area contributed by atoms with Crippen LogP contribution in [0.2, 0.25) is 0 Å². The van der Waals surface area contributed by atoms with Crippen LogP contribution in [0.1, 0.15) is 6.92 Å². The maximum Gasteiger partial charge on any atom is 0.315 e. The average molecular weight is 304 g/mol. The third-order valence-electron chi connectivity index (χ3n) is 2.45. The smallest absolute Gasteiger partial charge is 0.315 e. The fourth-order valence-corrected chi connectivity index (χ4v) is 2.26. The molecule has 4 N–H and O–H groups in total. The van der Waals surface area contributed by atoms with Crippen LogP contribution in [0.25, 0.3) is 11.3 Å². The number of hydrogen-bond acceptors (Lipinski definition) is 5. The lowest BCUT2D eigenvalue weighted by molar-refractivity contribution is -0.134. The number of nitrogens with one attached hydrogen (secondary N) is 2. The van der Waals surface area contributed by atoms with Crippen molar-refractivity contribution in [3.8, 4) is 11.3 Å². The lowest BCUT2D eigenvalue weighted by Gasteiger charge is -2.02.